The van der Waals surface area contributed by atoms with E-state index in [4.69, 9.17) is 22.2 Å². The summed E-state index contributed by atoms with van der Waals surface area (Å²) in [7, 11) is -2.90. The van der Waals surface area contributed by atoms with Crippen molar-refractivity contribution in [2.45, 2.75) is 13.8 Å². The van der Waals surface area contributed by atoms with Crippen molar-refractivity contribution in [1.82, 2.24) is 5.48 Å². The van der Waals surface area contributed by atoms with Crippen LogP contribution >= 0.6 is 11.6 Å². The van der Waals surface area contributed by atoms with Gasteiger partial charge in [0.1, 0.15) is 0 Å². The van der Waals surface area contributed by atoms with Crippen LogP contribution in [-0.4, -0.2) is 19.5 Å². The van der Waals surface area contributed by atoms with Gasteiger partial charge in [-0.15, -0.1) is 0 Å². The van der Waals surface area contributed by atoms with Crippen molar-refractivity contribution in [1.29, 1.82) is 5.41 Å². The van der Waals surface area contributed by atoms with Gasteiger partial charge in [0.05, 0.1) is 10.7 Å². The first-order valence-electron chi connectivity index (χ1n) is 4.58. The van der Waals surface area contributed by atoms with Crippen molar-refractivity contribution in [2.75, 3.05) is 4.72 Å². The van der Waals surface area contributed by atoms with Gasteiger partial charge in [-0.25, -0.2) is 8.42 Å². The Hall–Kier alpha value is -1.31. The van der Waals surface area contributed by atoms with Crippen molar-refractivity contribution in [3.8, 4) is 0 Å². The first kappa shape index (κ1) is 13.8. The molecule has 0 aromatic heterocycles. The fourth-order valence-corrected chi connectivity index (χ4v) is 2.11. The third-order valence-corrected chi connectivity index (χ3v) is 3.23. The van der Waals surface area contributed by atoms with Gasteiger partial charge in [0.2, 0.25) is 10.9 Å². The summed E-state index contributed by atoms with van der Waals surface area (Å²) in [4.78, 5) is 0. The molecule has 17 heavy (non-hydrogen) atoms. The number of rotatable bonds is 3. The second-order valence-electron chi connectivity index (χ2n) is 3.41. The van der Waals surface area contributed by atoms with Crippen LogP contribution in [0.1, 0.15) is 16.7 Å². The Labute approximate surface area is 105 Å². The summed E-state index contributed by atoms with van der Waals surface area (Å²) in [5.41, 5.74) is 3.42. The highest BCUT2D eigenvalue weighted by atomic mass is 35.5. The summed E-state index contributed by atoms with van der Waals surface area (Å²) in [5.74, 6) is -0.339. The van der Waals surface area contributed by atoms with E-state index in [1.807, 2.05) is 0 Å². The average Bonchev–Trinajstić information content (AvgIpc) is 2.28. The molecule has 8 heteroatoms. The van der Waals surface area contributed by atoms with Crippen LogP contribution in [0.2, 0.25) is 5.02 Å². The van der Waals surface area contributed by atoms with Crippen molar-refractivity contribution in [2.24, 2.45) is 0 Å². The molecule has 0 amide bonds. The van der Waals surface area contributed by atoms with Crippen molar-refractivity contribution in [3.63, 3.8) is 0 Å². The molecule has 6 nitrogen and oxygen atoms in total. The van der Waals surface area contributed by atoms with Gasteiger partial charge in [-0.1, -0.05) is 11.6 Å². The second kappa shape index (κ2) is 5.35. The number of thiol groups is 1. The Morgan fingerprint density at radius 3 is 2.53 bits per heavy atom. The highest BCUT2D eigenvalue weighted by Gasteiger charge is 2.15. The van der Waals surface area contributed by atoms with E-state index in [-0.39, 0.29) is 22.1 Å². The number of benzene rings is 1. The summed E-state index contributed by atoms with van der Waals surface area (Å²) in [6.07, 6.45) is 0. The zero-order chi connectivity index (χ0) is 13.2. The molecule has 4 N–H and O–H groups in total. The molecule has 0 saturated carbocycles. The lowest BCUT2D eigenvalue weighted by Gasteiger charge is -2.14. The number of aryl methyl sites for hydroxylation is 1. The van der Waals surface area contributed by atoms with Gasteiger partial charge in [0.25, 0.3) is 0 Å². The fourth-order valence-electron chi connectivity index (χ4n) is 1.33. The normalized spacial score (nSPS) is 10.4. The SMILES string of the molecule is Cc1cc(C(=N)NO)c(N[SH](=O)=O)c(Cl)c1C. The number of hydrogen-bond acceptors (Lipinski definition) is 4. The lowest BCUT2D eigenvalue weighted by Crippen LogP contribution is -2.21. The molecule has 1 aromatic rings. The third-order valence-electron chi connectivity index (χ3n) is 2.35. The maximum atomic E-state index is 10.7. The van der Waals surface area contributed by atoms with Gasteiger partial charge >= 0.3 is 0 Å². The minimum atomic E-state index is -2.90. The quantitative estimate of drug-likeness (QED) is 0.248. The van der Waals surface area contributed by atoms with Gasteiger partial charge in [0.15, 0.2) is 5.84 Å². The molecule has 0 heterocycles. The van der Waals surface area contributed by atoms with Crippen LogP contribution in [0.25, 0.3) is 0 Å². The van der Waals surface area contributed by atoms with E-state index in [0.717, 1.165) is 5.56 Å². The zero-order valence-electron chi connectivity index (χ0n) is 9.17. The summed E-state index contributed by atoms with van der Waals surface area (Å²) in [5, 5.41) is 16.4. The summed E-state index contributed by atoms with van der Waals surface area (Å²) in [6.45, 7) is 3.51. The molecular weight excluding hydrogens is 266 g/mol. The van der Waals surface area contributed by atoms with Gasteiger partial charge < -0.3 is 0 Å². The molecule has 94 valence electrons. The van der Waals surface area contributed by atoms with E-state index in [1.165, 1.54) is 0 Å². The number of hydroxylamine groups is 1. The maximum Gasteiger partial charge on any atom is 0.222 e. The predicted molar refractivity (Wildman–Crippen MR) is 66.6 cm³/mol. The van der Waals surface area contributed by atoms with Crippen molar-refractivity contribution < 1.29 is 13.6 Å². The highest BCUT2D eigenvalue weighted by Crippen LogP contribution is 2.32. The van der Waals surface area contributed by atoms with E-state index in [9.17, 15) is 8.42 Å². The van der Waals surface area contributed by atoms with Gasteiger partial charge in [-0.05, 0) is 31.0 Å². The molecule has 0 bridgehead atoms. The molecule has 1 aromatic carbocycles. The molecular formula is C9H12ClN3O3S. The van der Waals surface area contributed by atoms with Crippen molar-refractivity contribution >= 4 is 34.0 Å². The molecule has 1 rings (SSSR count). The van der Waals surface area contributed by atoms with E-state index < -0.39 is 10.9 Å². The lowest BCUT2D eigenvalue weighted by atomic mass is 10.0. The lowest BCUT2D eigenvalue weighted by molar-refractivity contribution is 0.234. The van der Waals surface area contributed by atoms with Crippen LogP contribution in [0.5, 0.6) is 0 Å². The number of anilines is 1. The molecule has 0 aliphatic rings. The summed E-state index contributed by atoms with van der Waals surface area (Å²) < 4.78 is 23.5. The number of amidine groups is 1. The van der Waals surface area contributed by atoms with Gasteiger partial charge in [-0.2, -0.15) is 0 Å². The molecule has 0 saturated heterocycles. The Morgan fingerprint density at radius 2 is 2.06 bits per heavy atom. The predicted octanol–water partition coefficient (Wildman–Crippen LogP) is 1.20. The van der Waals surface area contributed by atoms with Crippen LogP contribution in [0.15, 0.2) is 6.07 Å². The van der Waals surface area contributed by atoms with Crippen LogP contribution in [0.4, 0.5) is 5.69 Å². The average molecular weight is 278 g/mol. The first-order chi connectivity index (χ1) is 7.88. The maximum absolute atomic E-state index is 10.7. The van der Waals surface area contributed by atoms with Crippen LogP contribution in [0, 0.1) is 19.3 Å². The van der Waals surface area contributed by atoms with E-state index in [0.29, 0.717) is 5.56 Å². The molecule has 0 fully saturated rings. The third kappa shape index (κ3) is 2.87. The van der Waals surface area contributed by atoms with Crippen LogP contribution in [0.3, 0.4) is 0 Å². The summed E-state index contributed by atoms with van der Waals surface area (Å²) in [6, 6.07) is 1.56. The Balaban J connectivity index is 3.51. The smallest absolute Gasteiger partial charge is 0.222 e. The van der Waals surface area contributed by atoms with E-state index in [2.05, 4.69) is 4.72 Å². The van der Waals surface area contributed by atoms with Crippen molar-refractivity contribution in [3.05, 3.63) is 27.8 Å². The Bertz CT molecular complexity index is 535. The minimum absolute atomic E-state index is 0.0810. The molecule has 0 spiro atoms. The van der Waals surface area contributed by atoms with Crippen LogP contribution < -0.4 is 10.2 Å². The van der Waals surface area contributed by atoms with E-state index >= 15 is 0 Å². The molecule has 0 aliphatic heterocycles. The standard InChI is InChI=1S/C9H12ClN3O3S/c1-4-3-6(9(11)12-14)8(13-17(15)16)7(10)5(4)2/h3,14,17H,1-2H3,(H2,11,12)(H,13,15,16). The number of hydrogen-bond donors (Lipinski definition) is 5. The highest BCUT2D eigenvalue weighted by molar-refractivity contribution is 7.73. The topological polar surface area (TPSA) is 102 Å². The zero-order valence-corrected chi connectivity index (χ0v) is 10.8. The van der Waals surface area contributed by atoms with E-state index in [1.54, 1.807) is 25.4 Å². The minimum Gasteiger partial charge on any atom is -0.290 e. The second-order valence-corrected chi connectivity index (χ2v) is 4.53. The first-order valence-corrected chi connectivity index (χ1v) is 6.13. The van der Waals surface area contributed by atoms with Gasteiger partial charge in [-0.3, -0.25) is 20.8 Å². The summed E-state index contributed by atoms with van der Waals surface area (Å²) >= 11 is 6.01. The Morgan fingerprint density at radius 1 is 1.47 bits per heavy atom. The molecule has 0 aliphatic carbocycles. The van der Waals surface area contributed by atoms with Crippen LogP contribution in [-0.2, 0) is 10.9 Å². The molecule has 0 radical (unpaired) electrons. The largest absolute Gasteiger partial charge is 0.290 e. The number of nitrogens with one attached hydrogen (secondary N) is 3. The Kier molecular flexibility index (Phi) is 4.33. The number of halogens is 1. The molecule has 0 atom stereocenters. The monoisotopic (exact) mass is 277 g/mol. The van der Waals surface area contributed by atoms with Gasteiger partial charge in [0, 0.05) is 5.56 Å². The molecule has 0 unspecified atom stereocenters. The fraction of sp³-hybridized carbons (Fsp3) is 0.222.